The smallest absolute Gasteiger partial charge is 0.160 e. The molecular weight excluding hydrogens is 673 g/mol. The van der Waals surface area contributed by atoms with Crippen LogP contribution < -0.4 is 0 Å². The van der Waals surface area contributed by atoms with Crippen LogP contribution in [0.1, 0.15) is 0 Å². The number of para-hydroxylation sites is 6. The van der Waals surface area contributed by atoms with E-state index < -0.39 is 0 Å². The number of hydrogen-bond donors (Lipinski definition) is 0. The van der Waals surface area contributed by atoms with Gasteiger partial charge in [-0.2, -0.15) is 0 Å². The fourth-order valence-corrected chi connectivity index (χ4v) is 8.77. The molecule has 0 atom stereocenters. The van der Waals surface area contributed by atoms with E-state index in [1.165, 1.54) is 21.7 Å². The highest BCUT2D eigenvalue weighted by molar-refractivity contribution is 6.39. The molecule has 0 aliphatic carbocycles. The van der Waals surface area contributed by atoms with E-state index in [4.69, 9.17) is 14.4 Å². The molecule has 55 heavy (non-hydrogen) atoms. The van der Waals surface area contributed by atoms with Crippen LogP contribution in [0.2, 0.25) is 0 Å². The van der Waals surface area contributed by atoms with E-state index in [0.717, 1.165) is 88.8 Å². The molecule has 0 aliphatic heterocycles. The quantitative estimate of drug-likeness (QED) is 0.183. The van der Waals surface area contributed by atoms with E-state index in [9.17, 15) is 0 Å². The molecule has 0 spiro atoms. The topological polar surface area (TPSA) is 48.8 Å². The number of hydrogen-bond acceptors (Lipinski definition) is 3. The van der Waals surface area contributed by atoms with Gasteiger partial charge >= 0.3 is 0 Å². The summed E-state index contributed by atoms with van der Waals surface area (Å²) in [7, 11) is 0. The molecule has 0 saturated carbocycles. The fourth-order valence-electron chi connectivity index (χ4n) is 8.77. The molecule has 256 valence electrons. The molecule has 12 aromatic rings. The van der Waals surface area contributed by atoms with Gasteiger partial charge in [0.1, 0.15) is 5.58 Å². The number of benzene rings is 8. The molecule has 0 bridgehead atoms. The highest BCUT2D eigenvalue weighted by atomic mass is 16.3. The Bertz CT molecular complexity index is 3470. The molecule has 0 saturated heterocycles. The van der Waals surface area contributed by atoms with Crippen LogP contribution in [0.15, 0.2) is 186 Å². The van der Waals surface area contributed by atoms with Crippen molar-refractivity contribution in [2.45, 2.75) is 0 Å². The summed E-state index contributed by atoms with van der Waals surface area (Å²) in [5.74, 6) is 0. The van der Waals surface area contributed by atoms with Crippen molar-refractivity contribution in [3.8, 4) is 33.9 Å². The van der Waals surface area contributed by atoms with Gasteiger partial charge in [0.2, 0.25) is 0 Å². The van der Waals surface area contributed by atoms with Crippen LogP contribution in [0, 0.1) is 0 Å². The zero-order valence-corrected chi connectivity index (χ0v) is 29.5. The summed E-state index contributed by atoms with van der Waals surface area (Å²) in [6.45, 7) is 0. The number of furan rings is 1. The lowest BCUT2D eigenvalue weighted by Crippen LogP contribution is -1.97. The summed E-state index contributed by atoms with van der Waals surface area (Å²) >= 11 is 0. The van der Waals surface area contributed by atoms with E-state index >= 15 is 0 Å². The molecule has 0 radical (unpaired) electrons. The maximum absolute atomic E-state index is 6.98. The minimum atomic E-state index is 0.854. The minimum absolute atomic E-state index is 0.854. The zero-order chi connectivity index (χ0) is 36.0. The molecule has 5 nitrogen and oxygen atoms in total. The Morgan fingerprint density at radius 3 is 1.53 bits per heavy atom. The lowest BCUT2D eigenvalue weighted by atomic mass is 10.0. The van der Waals surface area contributed by atoms with Crippen molar-refractivity contribution in [3.05, 3.63) is 182 Å². The van der Waals surface area contributed by atoms with Crippen LogP contribution in [-0.4, -0.2) is 19.1 Å². The third-order valence-corrected chi connectivity index (χ3v) is 11.1. The highest BCUT2D eigenvalue weighted by Crippen LogP contribution is 2.49. The van der Waals surface area contributed by atoms with Gasteiger partial charge in [-0.15, -0.1) is 0 Å². The second kappa shape index (κ2) is 11.5. The van der Waals surface area contributed by atoms with Gasteiger partial charge < -0.3 is 13.6 Å². The Morgan fingerprint density at radius 1 is 0.364 bits per heavy atom. The molecule has 0 amide bonds. The molecule has 4 aromatic heterocycles. The van der Waals surface area contributed by atoms with E-state index in [1.807, 2.05) is 42.5 Å². The van der Waals surface area contributed by atoms with Gasteiger partial charge in [-0.3, -0.25) is 0 Å². The Morgan fingerprint density at radius 2 is 0.855 bits per heavy atom. The third kappa shape index (κ3) is 4.29. The van der Waals surface area contributed by atoms with Crippen LogP contribution in [0.25, 0.3) is 110 Å². The van der Waals surface area contributed by atoms with Crippen LogP contribution in [0.4, 0.5) is 0 Å². The predicted molar refractivity (Wildman–Crippen MR) is 226 cm³/mol. The molecule has 4 heterocycles. The standard InChI is InChI=1S/C50H30N4O/c1-3-15-31(16-4-1)46-47(52-39-23-11-10-22-38(39)51-46)32-27-29-34(30-28-32)54-41-25-13-8-20-36(41)45-48-43(44-37-21-9-14-26-42(37)55-50(44)49(45)54)35-19-7-12-24-40(35)53(48)33-17-5-2-6-18-33/h1-30H. The van der Waals surface area contributed by atoms with Crippen molar-refractivity contribution in [3.63, 3.8) is 0 Å². The van der Waals surface area contributed by atoms with Gasteiger partial charge in [-0.25, -0.2) is 9.97 Å². The highest BCUT2D eigenvalue weighted by Gasteiger charge is 2.27. The van der Waals surface area contributed by atoms with E-state index in [-0.39, 0.29) is 0 Å². The Kier molecular flexibility index (Phi) is 6.27. The first-order valence-electron chi connectivity index (χ1n) is 18.6. The predicted octanol–water partition coefficient (Wildman–Crippen LogP) is 13.1. The summed E-state index contributed by atoms with van der Waals surface area (Å²) in [5.41, 5.74) is 13.9. The SMILES string of the molecule is c1ccc(-c2nc3ccccc3nc2-c2ccc(-n3c4ccccc4c4c3c3oc5ccccc5c3c3c5ccccc5n(-c5ccccc5)c34)cc2)cc1. The molecule has 0 N–H and O–H groups in total. The summed E-state index contributed by atoms with van der Waals surface area (Å²) in [6.07, 6.45) is 0. The lowest BCUT2D eigenvalue weighted by Gasteiger charge is -2.13. The average molecular weight is 703 g/mol. The van der Waals surface area contributed by atoms with Crippen molar-refractivity contribution < 1.29 is 4.42 Å². The summed E-state index contributed by atoms with van der Waals surface area (Å²) < 4.78 is 11.8. The second-order valence-electron chi connectivity index (χ2n) is 14.1. The maximum Gasteiger partial charge on any atom is 0.160 e. The monoisotopic (exact) mass is 702 g/mol. The number of fused-ring (bicyclic) bond motifs is 13. The van der Waals surface area contributed by atoms with Gasteiger partial charge in [0.15, 0.2) is 5.58 Å². The molecule has 5 heteroatoms. The van der Waals surface area contributed by atoms with Gasteiger partial charge in [-0.05, 0) is 54.6 Å². The summed E-state index contributed by atoms with van der Waals surface area (Å²) in [6, 6.07) is 63.8. The zero-order valence-electron chi connectivity index (χ0n) is 29.5. The number of aromatic nitrogens is 4. The first-order valence-corrected chi connectivity index (χ1v) is 18.6. The average Bonchev–Trinajstić information content (AvgIpc) is 3.92. The molecule has 8 aromatic carbocycles. The fraction of sp³-hybridized carbons (Fsp3) is 0. The van der Waals surface area contributed by atoms with E-state index in [0.29, 0.717) is 0 Å². The van der Waals surface area contributed by atoms with Crippen molar-refractivity contribution in [2.24, 2.45) is 0 Å². The van der Waals surface area contributed by atoms with Gasteiger partial charge in [0.25, 0.3) is 0 Å². The van der Waals surface area contributed by atoms with Crippen molar-refractivity contribution in [1.82, 2.24) is 19.1 Å². The normalized spacial score (nSPS) is 12.0. The number of nitrogens with zero attached hydrogens (tertiary/aromatic N) is 4. The van der Waals surface area contributed by atoms with Crippen LogP contribution in [0.5, 0.6) is 0 Å². The maximum atomic E-state index is 6.98. The molecule has 12 rings (SSSR count). The van der Waals surface area contributed by atoms with Crippen molar-refractivity contribution in [1.29, 1.82) is 0 Å². The van der Waals surface area contributed by atoms with E-state index in [2.05, 4.69) is 149 Å². The first-order chi connectivity index (χ1) is 27.3. The van der Waals surface area contributed by atoms with Gasteiger partial charge in [-0.1, -0.05) is 127 Å². The minimum Gasteiger partial charge on any atom is -0.454 e. The molecule has 0 aliphatic rings. The van der Waals surface area contributed by atoms with E-state index in [1.54, 1.807) is 0 Å². The molecular formula is C50H30N4O. The van der Waals surface area contributed by atoms with Gasteiger partial charge in [0.05, 0.1) is 44.5 Å². The number of rotatable bonds is 4. The molecule has 0 fully saturated rings. The summed E-state index contributed by atoms with van der Waals surface area (Å²) in [5, 5.41) is 6.97. The van der Waals surface area contributed by atoms with Crippen molar-refractivity contribution >= 4 is 76.6 Å². The van der Waals surface area contributed by atoms with Gasteiger partial charge in [0, 0.05) is 54.8 Å². The largest absolute Gasteiger partial charge is 0.454 e. The second-order valence-corrected chi connectivity index (χ2v) is 14.1. The lowest BCUT2D eigenvalue weighted by molar-refractivity contribution is 0.671. The Hall–Kier alpha value is -7.50. The van der Waals surface area contributed by atoms with Crippen molar-refractivity contribution in [2.75, 3.05) is 0 Å². The third-order valence-electron chi connectivity index (χ3n) is 11.1. The molecule has 0 unspecified atom stereocenters. The summed E-state index contributed by atoms with van der Waals surface area (Å²) in [4.78, 5) is 10.3. The Labute approximate surface area is 315 Å². The van der Waals surface area contributed by atoms with Crippen LogP contribution in [-0.2, 0) is 0 Å². The first kappa shape index (κ1) is 30.0. The Balaban J connectivity index is 1.20. The van der Waals surface area contributed by atoms with Crippen LogP contribution >= 0.6 is 0 Å². The van der Waals surface area contributed by atoms with Crippen LogP contribution in [0.3, 0.4) is 0 Å².